The van der Waals surface area contributed by atoms with Crippen LogP contribution in [0, 0.1) is 0 Å². The van der Waals surface area contributed by atoms with Crippen molar-refractivity contribution >= 4 is 5.97 Å². The zero-order valence-corrected chi connectivity index (χ0v) is 9.04. The molecule has 1 aliphatic heterocycles. The van der Waals surface area contributed by atoms with E-state index in [0.717, 1.165) is 12.8 Å². The first kappa shape index (κ1) is 11.5. The number of nitrogens with one attached hydrogen (secondary N) is 1. The largest absolute Gasteiger partial charge is 0.480 e. The molecule has 82 valence electrons. The Morgan fingerprint density at radius 2 is 2.36 bits per heavy atom. The molecule has 2 N–H and O–H groups in total. The highest BCUT2D eigenvalue weighted by Crippen LogP contribution is 2.28. The van der Waals surface area contributed by atoms with E-state index >= 15 is 0 Å². The minimum absolute atomic E-state index is 0.0428. The zero-order valence-electron chi connectivity index (χ0n) is 9.04. The summed E-state index contributed by atoms with van der Waals surface area (Å²) in [7, 11) is 0. The average molecular weight is 201 g/mol. The van der Waals surface area contributed by atoms with Crippen LogP contribution < -0.4 is 5.32 Å². The lowest BCUT2D eigenvalue weighted by atomic mass is 10.1. The van der Waals surface area contributed by atoms with Gasteiger partial charge in [-0.2, -0.15) is 0 Å². The van der Waals surface area contributed by atoms with Gasteiger partial charge in [-0.3, -0.25) is 4.79 Å². The van der Waals surface area contributed by atoms with Crippen LogP contribution in [0.15, 0.2) is 0 Å². The molecular formula is C10H19NO3. The summed E-state index contributed by atoms with van der Waals surface area (Å²) in [4.78, 5) is 10.5. The van der Waals surface area contributed by atoms with E-state index in [-0.39, 0.29) is 11.7 Å². The lowest BCUT2D eigenvalue weighted by Gasteiger charge is -2.20. The molecule has 1 fully saturated rings. The quantitative estimate of drug-likeness (QED) is 0.712. The van der Waals surface area contributed by atoms with E-state index in [4.69, 9.17) is 9.84 Å². The van der Waals surface area contributed by atoms with Crippen LogP contribution in [0.25, 0.3) is 0 Å². The molecule has 1 aliphatic rings. The predicted octanol–water partition coefficient (Wildman–Crippen LogP) is 1.01. The van der Waals surface area contributed by atoms with Gasteiger partial charge in [-0.25, -0.2) is 0 Å². The molecule has 14 heavy (non-hydrogen) atoms. The first-order valence-corrected chi connectivity index (χ1v) is 5.05. The molecule has 1 heterocycles. The maximum atomic E-state index is 10.5. The molecule has 0 spiro atoms. The van der Waals surface area contributed by atoms with Gasteiger partial charge >= 0.3 is 5.97 Å². The Bertz CT molecular complexity index is 215. The third-order valence-corrected chi connectivity index (χ3v) is 2.58. The Kier molecular flexibility index (Phi) is 3.50. The number of hydrogen-bond acceptors (Lipinski definition) is 3. The lowest BCUT2D eigenvalue weighted by molar-refractivity contribution is -0.139. The van der Waals surface area contributed by atoms with Gasteiger partial charge in [0.2, 0.25) is 0 Å². The fourth-order valence-corrected chi connectivity index (χ4v) is 1.62. The summed E-state index contributed by atoms with van der Waals surface area (Å²) >= 11 is 0. The van der Waals surface area contributed by atoms with Crippen LogP contribution in [0.4, 0.5) is 0 Å². The molecule has 0 aromatic rings. The Morgan fingerprint density at radius 3 is 2.79 bits per heavy atom. The van der Waals surface area contributed by atoms with Gasteiger partial charge < -0.3 is 15.2 Å². The fourth-order valence-electron chi connectivity index (χ4n) is 1.62. The molecule has 0 bridgehead atoms. The summed E-state index contributed by atoms with van der Waals surface area (Å²) in [6.07, 6.45) is 2.21. The van der Waals surface area contributed by atoms with Gasteiger partial charge in [-0.1, -0.05) is 0 Å². The van der Waals surface area contributed by atoms with Crippen molar-refractivity contribution in [1.29, 1.82) is 0 Å². The van der Waals surface area contributed by atoms with Crippen LogP contribution in [0.2, 0.25) is 0 Å². The van der Waals surface area contributed by atoms with Crippen LogP contribution in [0.5, 0.6) is 0 Å². The van der Waals surface area contributed by atoms with Gasteiger partial charge in [0.05, 0.1) is 11.7 Å². The maximum absolute atomic E-state index is 10.5. The molecule has 0 saturated carbocycles. The van der Waals surface area contributed by atoms with Crippen molar-refractivity contribution in [3.05, 3.63) is 0 Å². The standard InChI is InChI=1S/C10H19NO3/c1-7(9(12)13)11-6-8-4-5-10(2,3)14-8/h7-8,11H,4-6H2,1-3H3,(H,12,13)/t7-,8?/m1/s1. The SMILES string of the molecule is C[C@@H](NCC1CCC(C)(C)O1)C(=O)O. The van der Waals surface area contributed by atoms with E-state index in [1.165, 1.54) is 0 Å². The number of ether oxygens (including phenoxy) is 1. The first-order chi connectivity index (χ1) is 6.41. The van der Waals surface area contributed by atoms with E-state index in [1.807, 2.05) is 0 Å². The van der Waals surface area contributed by atoms with Gasteiger partial charge in [-0.15, -0.1) is 0 Å². The van der Waals surface area contributed by atoms with Crippen molar-refractivity contribution in [1.82, 2.24) is 5.32 Å². The summed E-state index contributed by atoms with van der Waals surface area (Å²) < 4.78 is 5.72. The van der Waals surface area contributed by atoms with Gasteiger partial charge in [-0.05, 0) is 33.6 Å². The fraction of sp³-hybridized carbons (Fsp3) is 0.900. The third-order valence-electron chi connectivity index (χ3n) is 2.58. The molecular weight excluding hydrogens is 182 g/mol. The van der Waals surface area contributed by atoms with E-state index in [9.17, 15) is 4.79 Å². The molecule has 1 saturated heterocycles. The molecule has 1 rings (SSSR count). The van der Waals surface area contributed by atoms with E-state index < -0.39 is 12.0 Å². The number of carboxylic acids is 1. The molecule has 0 radical (unpaired) electrons. The predicted molar refractivity (Wildman–Crippen MR) is 53.3 cm³/mol. The van der Waals surface area contributed by atoms with Gasteiger partial charge in [0.1, 0.15) is 6.04 Å². The number of rotatable bonds is 4. The molecule has 4 heteroatoms. The highest BCUT2D eigenvalue weighted by molar-refractivity contribution is 5.72. The van der Waals surface area contributed by atoms with E-state index in [0.29, 0.717) is 6.54 Å². The van der Waals surface area contributed by atoms with Crippen molar-refractivity contribution < 1.29 is 14.6 Å². The minimum Gasteiger partial charge on any atom is -0.480 e. The van der Waals surface area contributed by atoms with Gasteiger partial charge in [0.25, 0.3) is 0 Å². The van der Waals surface area contributed by atoms with Crippen LogP contribution in [-0.2, 0) is 9.53 Å². The summed E-state index contributed by atoms with van der Waals surface area (Å²) in [5.41, 5.74) is -0.0428. The van der Waals surface area contributed by atoms with Gasteiger partial charge in [0, 0.05) is 6.54 Å². The molecule has 1 unspecified atom stereocenters. The van der Waals surface area contributed by atoms with Crippen LogP contribution >= 0.6 is 0 Å². The van der Waals surface area contributed by atoms with Crippen molar-refractivity contribution in [3.8, 4) is 0 Å². The minimum atomic E-state index is -0.817. The normalized spacial score (nSPS) is 27.5. The Hall–Kier alpha value is -0.610. The summed E-state index contributed by atoms with van der Waals surface area (Å²) in [5, 5.41) is 11.6. The molecule has 0 amide bonds. The number of carboxylic acid groups (broad SMARTS) is 1. The molecule has 0 aromatic heterocycles. The van der Waals surface area contributed by atoms with Crippen LogP contribution in [0.1, 0.15) is 33.6 Å². The number of aliphatic carboxylic acids is 1. The van der Waals surface area contributed by atoms with Gasteiger partial charge in [0.15, 0.2) is 0 Å². The van der Waals surface area contributed by atoms with E-state index in [1.54, 1.807) is 6.92 Å². The Morgan fingerprint density at radius 1 is 1.71 bits per heavy atom. The smallest absolute Gasteiger partial charge is 0.320 e. The highest BCUT2D eigenvalue weighted by atomic mass is 16.5. The summed E-state index contributed by atoms with van der Waals surface area (Å²) in [6.45, 7) is 6.39. The van der Waals surface area contributed by atoms with Crippen LogP contribution in [0.3, 0.4) is 0 Å². The number of carbonyl (C=O) groups is 1. The topological polar surface area (TPSA) is 58.6 Å². The van der Waals surface area contributed by atoms with Crippen molar-refractivity contribution in [3.63, 3.8) is 0 Å². The average Bonchev–Trinajstić information content (AvgIpc) is 2.41. The molecule has 2 atom stereocenters. The molecule has 0 aliphatic carbocycles. The Balaban J connectivity index is 2.24. The summed E-state index contributed by atoms with van der Waals surface area (Å²) in [6, 6.07) is -0.498. The first-order valence-electron chi connectivity index (χ1n) is 5.05. The summed E-state index contributed by atoms with van der Waals surface area (Å²) in [5.74, 6) is -0.817. The van der Waals surface area contributed by atoms with Crippen molar-refractivity contribution in [2.24, 2.45) is 0 Å². The molecule has 0 aromatic carbocycles. The van der Waals surface area contributed by atoms with Crippen LogP contribution in [-0.4, -0.2) is 35.4 Å². The number of hydrogen-bond donors (Lipinski definition) is 2. The zero-order chi connectivity index (χ0) is 10.8. The van der Waals surface area contributed by atoms with Crippen molar-refractivity contribution in [2.45, 2.75) is 51.4 Å². The monoisotopic (exact) mass is 201 g/mol. The van der Waals surface area contributed by atoms with Crippen molar-refractivity contribution in [2.75, 3.05) is 6.54 Å². The Labute approximate surface area is 84.6 Å². The second kappa shape index (κ2) is 4.28. The molecule has 4 nitrogen and oxygen atoms in total. The second-order valence-corrected chi connectivity index (χ2v) is 4.51. The lowest BCUT2D eigenvalue weighted by Crippen LogP contribution is -2.39. The second-order valence-electron chi connectivity index (χ2n) is 4.51. The maximum Gasteiger partial charge on any atom is 0.320 e. The van der Waals surface area contributed by atoms with E-state index in [2.05, 4.69) is 19.2 Å². The third kappa shape index (κ3) is 3.27. The highest BCUT2D eigenvalue weighted by Gasteiger charge is 2.31.